The van der Waals surface area contributed by atoms with Gasteiger partial charge in [-0.1, -0.05) is 19.1 Å². The van der Waals surface area contributed by atoms with Gasteiger partial charge in [-0.25, -0.2) is 0 Å². The molecule has 1 amide bonds. The Morgan fingerprint density at radius 1 is 1.39 bits per heavy atom. The van der Waals surface area contributed by atoms with Gasteiger partial charge in [0.05, 0.1) is 12.7 Å². The minimum Gasteiger partial charge on any atom is -0.371 e. The maximum absolute atomic E-state index is 12.3. The van der Waals surface area contributed by atoms with E-state index < -0.39 is 0 Å². The number of nitrogens with zero attached hydrogens (tertiary/aromatic N) is 1. The third-order valence-electron chi connectivity index (χ3n) is 4.15. The molecule has 2 aromatic rings. The van der Waals surface area contributed by atoms with Crippen LogP contribution in [0, 0.1) is 6.92 Å². The van der Waals surface area contributed by atoms with Crippen LogP contribution in [0.15, 0.2) is 24.3 Å². The number of morpholine rings is 1. The first-order valence-electron chi connectivity index (χ1n) is 7.96. The van der Waals surface area contributed by atoms with E-state index in [2.05, 4.69) is 20.8 Å². The van der Waals surface area contributed by atoms with Crippen LogP contribution in [0.4, 0.5) is 5.69 Å². The molecule has 0 saturated carbocycles. The Kier molecular flexibility index (Phi) is 4.73. The third kappa shape index (κ3) is 3.43. The average molecular weight is 314 g/mol. The fourth-order valence-electron chi connectivity index (χ4n) is 2.75. The highest BCUT2D eigenvalue weighted by molar-refractivity contribution is 6.03. The van der Waals surface area contributed by atoms with Gasteiger partial charge in [0.1, 0.15) is 0 Å². The monoisotopic (exact) mass is 314 g/mol. The number of aromatic amines is 1. The molecule has 1 aromatic carbocycles. The molecule has 1 saturated heterocycles. The molecule has 6 nitrogen and oxygen atoms in total. The molecule has 0 bridgehead atoms. The standard InChI is InChI=1S/C17H22N4O2/c1-3-14-11(2)16(21-20-14)17(22)19-13-6-4-12(5-7-13)15-10-18-8-9-23-15/h4-7,15,18H,3,8-10H2,1-2H3,(H,19,22)(H,20,21)/t15-/m0/s1. The number of nitrogens with one attached hydrogen (secondary N) is 3. The highest BCUT2D eigenvalue weighted by Gasteiger charge is 2.17. The Bertz CT molecular complexity index is 672. The maximum atomic E-state index is 12.3. The van der Waals surface area contributed by atoms with E-state index in [-0.39, 0.29) is 12.0 Å². The van der Waals surface area contributed by atoms with Crippen molar-refractivity contribution in [2.75, 3.05) is 25.0 Å². The number of carbonyl (C=O) groups excluding carboxylic acids is 1. The van der Waals surface area contributed by atoms with Gasteiger partial charge in [0.2, 0.25) is 0 Å². The lowest BCUT2D eigenvalue weighted by atomic mass is 10.1. The number of H-pyrrole nitrogens is 1. The van der Waals surface area contributed by atoms with Crippen molar-refractivity contribution in [1.82, 2.24) is 15.5 Å². The predicted molar refractivity (Wildman–Crippen MR) is 88.7 cm³/mol. The number of hydrogen-bond acceptors (Lipinski definition) is 4. The Morgan fingerprint density at radius 2 is 2.17 bits per heavy atom. The summed E-state index contributed by atoms with van der Waals surface area (Å²) in [6.45, 7) is 6.38. The summed E-state index contributed by atoms with van der Waals surface area (Å²) in [5, 5.41) is 13.2. The summed E-state index contributed by atoms with van der Waals surface area (Å²) in [7, 11) is 0. The van der Waals surface area contributed by atoms with E-state index in [1.807, 2.05) is 38.1 Å². The fraction of sp³-hybridized carbons (Fsp3) is 0.412. The Balaban J connectivity index is 1.67. The van der Waals surface area contributed by atoms with Crippen LogP contribution in [0.5, 0.6) is 0 Å². The van der Waals surface area contributed by atoms with E-state index in [4.69, 9.17) is 4.74 Å². The molecule has 1 aromatic heterocycles. The molecule has 0 aliphatic carbocycles. The van der Waals surface area contributed by atoms with E-state index in [9.17, 15) is 4.79 Å². The topological polar surface area (TPSA) is 79.0 Å². The number of anilines is 1. The van der Waals surface area contributed by atoms with Crippen molar-refractivity contribution < 1.29 is 9.53 Å². The number of aryl methyl sites for hydroxylation is 1. The van der Waals surface area contributed by atoms with Crippen LogP contribution < -0.4 is 10.6 Å². The van der Waals surface area contributed by atoms with Gasteiger partial charge in [-0.3, -0.25) is 9.89 Å². The van der Waals surface area contributed by atoms with Crippen LogP contribution >= 0.6 is 0 Å². The number of carbonyl (C=O) groups is 1. The molecule has 1 fully saturated rings. The minimum absolute atomic E-state index is 0.0780. The summed E-state index contributed by atoms with van der Waals surface area (Å²) in [6, 6.07) is 7.77. The second-order valence-electron chi connectivity index (χ2n) is 5.67. The zero-order valence-electron chi connectivity index (χ0n) is 13.5. The van der Waals surface area contributed by atoms with E-state index >= 15 is 0 Å². The summed E-state index contributed by atoms with van der Waals surface area (Å²) >= 11 is 0. The van der Waals surface area contributed by atoms with Crippen molar-refractivity contribution in [2.24, 2.45) is 0 Å². The van der Waals surface area contributed by atoms with Crippen molar-refractivity contribution in [3.05, 3.63) is 46.8 Å². The van der Waals surface area contributed by atoms with Crippen LogP contribution in [-0.4, -0.2) is 35.8 Å². The van der Waals surface area contributed by atoms with Gasteiger partial charge in [0.25, 0.3) is 5.91 Å². The lowest BCUT2D eigenvalue weighted by Crippen LogP contribution is -2.33. The van der Waals surface area contributed by atoms with E-state index in [1.54, 1.807) is 0 Å². The van der Waals surface area contributed by atoms with E-state index in [0.29, 0.717) is 5.69 Å². The molecule has 0 unspecified atom stereocenters. The molecular weight excluding hydrogens is 292 g/mol. The quantitative estimate of drug-likeness (QED) is 0.808. The van der Waals surface area contributed by atoms with Crippen LogP contribution in [-0.2, 0) is 11.2 Å². The number of aromatic nitrogens is 2. The molecule has 122 valence electrons. The van der Waals surface area contributed by atoms with Crippen molar-refractivity contribution in [1.29, 1.82) is 0 Å². The molecule has 1 aliphatic heterocycles. The second-order valence-corrected chi connectivity index (χ2v) is 5.67. The zero-order valence-corrected chi connectivity index (χ0v) is 13.5. The fourth-order valence-corrected chi connectivity index (χ4v) is 2.75. The first-order chi connectivity index (χ1) is 11.2. The number of amides is 1. The Hall–Kier alpha value is -2.18. The lowest BCUT2D eigenvalue weighted by Gasteiger charge is -2.24. The van der Waals surface area contributed by atoms with Gasteiger partial charge in [0, 0.05) is 30.0 Å². The Morgan fingerprint density at radius 3 is 2.78 bits per heavy atom. The van der Waals surface area contributed by atoms with E-state index in [1.165, 1.54) is 0 Å². The summed E-state index contributed by atoms with van der Waals surface area (Å²) in [4.78, 5) is 12.3. The van der Waals surface area contributed by atoms with Gasteiger partial charge in [-0.2, -0.15) is 5.10 Å². The van der Waals surface area contributed by atoms with E-state index in [0.717, 1.165) is 48.6 Å². The Labute approximate surface area is 135 Å². The van der Waals surface area contributed by atoms with Gasteiger partial charge >= 0.3 is 0 Å². The van der Waals surface area contributed by atoms with Gasteiger partial charge in [0.15, 0.2) is 5.69 Å². The zero-order chi connectivity index (χ0) is 16.2. The summed E-state index contributed by atoms with van der Waals surface area (Å²) < 4.78 is 5.72. The highest BCUT2D eigenvalue weighted by Crippen LogP contribution is 2.21. The average Bonchev–Trinajstić information content (AvgIpc) is 2.97. The molecule has 3 rings (SSSR count). The maximum Gasteiger partial charge on any atom is 0.276 e. The second kappa shape index (κ2) is 6.93. The molecule has 2 heterocycles. The molecule has 1 atom stereocenters. The van der Waals surface area contributed by atoms with Crippen molar-refractivity contribution in [3.8, 4) is 0 Å². The highest BCUT2D eigenvalue weighted by atomic mass is 16.5. The molecule has 0 spiro atoms. The molecule has 6 heteroatoms. The third-order valence-corrected chi connectivity index (χ3v) is 4.15. The lowest BCUT2D eigenvalue weighted by molar-refractivity contribution is 0.0277. The van der Waals surface area contributed by atoms with Crippen LogP contribution in [0.25, 0.3) is 0 Å². The number of ether oxygens (including phenoxy) is 1. The first kappa shape index (κ1) is 15.7. The first-order valence-corrected chi connectivity index (χ1v) is 7.96. The van der Waals surface area contributed by atoms with Crippen LogP contribution in [0.1, 0.15) is 40.3 Å². The molecular formula is C17H22N4O2. The van der Waals surface area contributed by atoms with Crippen LogP contribution in [0.3, 0.4) is 0 Å². The normalized spacial score (nSPS) is 17.9. The van der Waals surface area contributed by atoms with Crippen molar-refractivity contribution in [2.45, 2.75) is 26.4 Å². The van der Waals surface area contributed by atoms with Crippen molar-refractivity contribution >= 4 is 11.6 Å². The number of hydrogen-bond donors (Lipinski definition) is 3. The molecule has 23 heavy (non-hydrogen) atoms. The number of rotatable bonds is 4. The van der Waals surface area contributed by atoms with Crippen molar-refractivity contribution in [3.63, 3.8) is 0 Å². The molecule has 0 radical (unpaired) electrons. The van der Waals surface area contributed by atoms with Gasteiger partial charge < -0.3 is 15.4 Å². The minimum atomic E-state index is -0.193. The van der Waals surface area contributed by atoms with Gasteiger partial charge in [-0.05, 0) is 31.0 Å². The largest absolute Gasteiger partial charge is 0.371 e. The molecule has 3 N–H and O–H groups in total. The molecule has 1 aliphatic rings. The summed E-state index contributed by atoms with van der Waals surface area (Å²) in [6.07, 6.45) is 0.908. The SMILES string of the molecule is CCc1[nH]nc(C(=O)Nc2ccc([C@@H]3CNCCO3)cc2)c1C. The summed E-state index contributed by atoms with van der Waals surface area (Å²) in [5.74, 6) is -0.193. The smallest absolute Gasteiger partial charge is 0.276 e. The van der Waals surface area contributed by atoms with Crippen LogP contribution in [0.2, 0.25) is 0 Å². The summed E-state index contributed by atoms with van der Waals surface area (Å²) in [5.41, 5.74) is 4.21. The van der Waals surface area contributed by atoms with Gasteiger partial charge in [-0.15, -0.1) is 0 Å². The number of benzene rings is 1. The predicted octanol–water partition coefficient (Wildman–Crippen LogP) is 2.19.